The van der Waals surface area contributed by atoms with Gasteiger partial charge in [0, 0.05) is 6.42 Å². The highest BCUT2D eigenvalue weighted by molar-refractivity contribution is 5.52. The molecule has 0 radical (unpaired) electrons. The molecule has 76 valence electrons. The predicted molar refractivity (Wildman–Crippen MR) is 56.8 cm³/mol. The van der Waals surface area contributed by atoms with Crippen LogP contribution in [0.4, 0.5) is 0 Å². The van der Waals surface area contributed by atoms with Crippen LogP contribution in [0.25, 0.3) is 0 Å². The molecule has 1 atom stereocenters. The average molecular weight is 192 g/mol. The molecule has 0 saturated carbocycles. The number of hydrogen-bond acceptors (Lipinski definition) is 2. The molecule has 0 amide bonds. The standard InChI is InChI=1S/C12H16O2/c1-9(6-7-13)12-5-4-11(14-3)8-10(12)2/h4-5,7-9H,6H2,1-3H3. The van der Waals surface area contributed by atoms with Crippen LogP contribution in [-0.2, 0) is 4.79 Å². The summed E-state index contributed by atoms with van der Waals surface area (Å²) in [6, 6.07) is 5.96. The van der Waals surface area contributed by atoms with E-state index in [0.717, 1.165) is 12.0 Å². The highest BCUT2D eigenvalue weighted by Crippen LogP contribution is 2.25. The molecule has 0 heterocycles. The summed E-state index contributed by atoms with van der Waals surface area (Å²) in [7, 11) is 1.66. The molecule has 1 rings (SSSR count). The lowest BCUT2D eigenvalue weighted by Crippen LogP contribution is -1.97. The first-order valence-electron chi connectivity index (χ1n) is 4.77. The number of carbonyl (C=O) groups is 1. The summed E-state index contributed by atoms with van der Waals surface area (Å²) < 4.78 is 5.12. The Morgan fingerprint density at radius 1 is 1.50 bits per heavy atom. The fraction of sp³-hybridized carbons (Fsp3) is 0.417. The van der Waals surface area contributed by atoms with Crippen LogP contribution in [0.1, 0.15) is 30.4 Å². The summed E-state index contributed by atoms with van der Waals surface area (Å²) in [6.45, 7) is 4.10. The number of benzene rings is 1. The maximum absolute atomic E-state index is 10.4. The lowest BCUT2D eigenvalue weighted by molar-refractivity contribution is -0.108. The van der Waals surface area contributed by atoms with Crippen molar-refractivity contribution in [1.29, 1.82) is 0 Å². The topological polar surface area (TPSA) is 26.3 Å². The van der Waals surface area contributed by atoms with E-state index >= 15 is 0 Å². The third kappa shape index (κ3) is 2.34. The lowest BCUT2D eigenvalue weighted by atomic mass is 9.94. The van der Waals surface area contributed by atoms with Crippen molar-refractivity contribution in [3.8, 4) is 5.75 Å². The summed E-state index contributed by atoms with van der Waals surface area (Å²) in [5, 5.41) is 0. The molecule has 1 aromatic carbocycles. The van der Waals surface area contributed by atoms with E-state index in [0.29, 0.717) is 12.3 Å². The van der Waals surface area contributed by atoms with Crippen LogP contribution in [0.15, 0.2) is 18.2 Å². The predicted octanol–water partition coefficient (Wildman–Crippen LogP) is 2.70. The SMILES string of the molecule is COc1ccc(C(C)CC=O)c(C)c1. The maximum Gasteiger partial charge on any atom is 0.120 e. The smallest absolute Gasteiger partial charge is 0.120 e. The van der Waals surface area contributed by atoms with Crippen molar-refractivity contribution >= 4 is 6.29 Å². The van der Waals surface area contributed by atoms with Crippen molar-refractivity contribution in [2.75, 3.05) is 7.11 Å². The number of rotatable bonds is 4. The molecule has 0 saturated heterocycles. The fourth-order valence-electron chi connectivity index (χ4n) is 1.60. The van der Waals surface area contributed by atoms with Gasteiger partial charge in [0.25, 0.3) is 0 Å². The van der Waals surface area contributed by atoms with Crippen molar-refractivity contribution in [1.82, 2.24) is 0 Å². The maximum atomic E-state index is 10.4. The number of methoxy groups -OCH3 is 1. The third-order valence-corrected chi connectivity index (χ3v) is 2.46. The average Bonchev–Trinajstić information content (AvgIpc) is 2.17. The highest BCUT2D eigenvalue weighted by Gasteiger charge is 2.08. The first-order chi connectivity index (χ1) is 6.69. The van der Waals surface area contributed by atoms with Gasteiger partial charge in [0.05, 0.1) is 7.11 Å². The Hall–Kier alpha value is -1.31. The van der Waals surface area contributed by atoms with Crippen LogP contribution < -0.4 is 4.74 Å². The fourth-order valence-corrected chi connectivity index (χ4v) is 1.60. The van der Waals surface area contributed by atoms with E-state index in [1.807, 2.05) is 25.1 Å². The second-order valence-electron chi connectivity index (χ2n) is 3.53. The quantitative estimate of drug-likeness (QED) is 0.685. The Bertz CT molecular complexity index is 318. The monoisotopic (exact) mass is 192 g/mol. The Kier molecular flexibility index (Phi) is 3.69. The first-order valence-corrected chi connectivity index (χ1v) is 4.77. The molecule has 1 unspecified atom stereocenters. The molecule has 0 bridgehead atoms. The summed E-state index contributed by atoms with van der Waals surface area (Å²) in [5.74, 6) is 1.16. The Morgan fingerprint density at radius 3 is 2.71 bits per heavy atom. The molecule has 14 heavy (non-hydrogen) atoms. The molecule has 2 heteroatoms. The van der Waals surface area contributed by atoms with Gasteiger partial charge in [0.15, 0.2) is 0 Å². The van der Waals surface area contributed by atoms with E-state index in [4.69, 9.17) is 4.74 Å². The van der Waals surface area contributed by atoms with Gasteiger partial charge < -0.3 is 9.53 Å². The van der Waals surface area contributed by atoms with E-state index in [9.17, 15) is 4.79 Å². The van der Waals surface area contributed by atoms with Gasteiger partial charge >= 0.3 is 0 Å². The van der Waals surface area contributed by atoms with E-state index in [1.54, 1.807) is 7.11 Å². The second-order valence-corrected chi connectivity index (χ2v) is 3.53. The molecule has 0 aliphatic carbocycles. The van der Waals surface area contributed by atoms with Crippen molar-refractivity contribution in [2.24, 2.45) is 0 Å². The van der Waals surface area contributed by atoms with Crippen LogP contribution in [0.3, 0.4) is 0 Å². The van der Waals surface area contributed by atoms with Gasteiger partial charge in [-0.15, -0.1) is 0 Å². The van der Waals surface area contributed by atoms with Crippen molar-refractivity contribution in [2.45, 2.75) is 26.2 Å². The van der Waals surface area contributed by atoms with E-state index < -0.39 is 0 Å². The minimum Gasteiger partial charge on any atom is -0.497 e. The zero-order valence-corrected chi connectivity index (χ0v) is 8.91. The zero-order chi connectivity index (χ0) is 10.6. The molecule has 0 spiro atoms. The van der Waals surface area contributed by atoms with Gasteiger partial charge in [-0.3, -0.25) is 0 Å². The lowest BCUT2D eigenvalue weighted by Gasteiger charge is -2.12. The van der Waals surface area contributed by atoms with Crippen LogP contribution in [-0.4, -0.2) is 13.4 Å². The summed E-state index contributed by atoms with van der Waals surface area (Å²) in [4.78, 5) is 10.4. The van der Waals surface area contributed by atoms with Gasteiger partial charge in [0.1, 0.15) is 12.0 Å². The number of ether oxygens (including phenoxy) is 1. The Balaban J connectivity index is 2.93. The third-order valence-electron chi connectivity index (χ3n) is 2.46. The normalized spacial score (nSPS) is 12.2. The molecule has 0 aromatic heterocycles. The number of aryl methyl sites for hydroxylation is 1. The van der Waals surface area contributed by atoms with Crippen LogP contribution in [0.2, 0.25) is 0 Å². The minimum atomic E-state index is 0.290. The molecule has 2 nitrogen and oxygen atoms in total. The van der Waals surface area contributed by atoms with Crippen molar-refractivity contribution < 1.29 is 9.53 Å². The van der Waals surface area contributed by atoms with Gasteiger partial charge in [-0.25, -0.2) is 0 Å². The molecule has 0 fully saturated rings. The summed E-state index contributed by atoms with van der Waals surface area (Å²) in [5.41, 5.74) is 2.40. The second kappa shape index (κ2) is 4.80. The molecule has 0 aliphatic heterocycles. The van der Waals surface area contributed by atoms with Crippen molar-refractivity contribution in [3.05, 3.63) is 29.3 Å². The van der Waals surface area contributed by atoms with Gasteiger partial charge in [-0.1, -0.05) is 13.0 Å². The Morgan fingerprint density at radius 2 is 2.21 bits per heavy atom. The van der Waals surface area contributed by atoms with E-state index in [-0.39, 0.29) is 0 Å². The van der Waals surface area contributed by atoms with Crippen molar-refractivity contribution in [3.63, 3.8) is 0 Å². The number of hydrogen-bond donors (Lipinski definition) is 0. The van der Waals surface area contributed by atoms with E-state index in [1.165, 1.54) is 11.1 Å². The number of carbonyl (C=O) groups excluding carboxylic acids is 1. The van der Waals surface area contributed by atoms with Crippen LogP contribution in [0, 0.1) is 6.92 Å². The molecular weight excluding hydrogens is 176 g/mol. The van der Waals surface area contributed by atoms with Crippen LogP contribution in [0.5, 0.6) is 5.75 Å². The largest absolute Gasteiger partial charge is 0.497 e. The zero-order valence-electron chi connectivity index (χ0n) is 8.91. The minimum absolute atomic E-state index is 0.290. The first kappa shape index (κ1) is 10.8. The molecular formula is C12H16O2. The van der Waals surface area contributed by atoms with Gasteiger partial charge in [-0.05, 0) is 36.1 Å². The van der Waals surface area contributed by atoms with Crippen LogP contribution >= 0.6 is 0 Å². The highest BCUT2D eigenvalue weighted by atomic mass is 16.5. The van der Waals surface area contributed by atoms with Gasteiger partial charge in [-0.2, -0.15) is 0 Å². The molecule has 1 aromatic rings. The molecule has 0 N–H and O–H groups in total. The van der Waals surface area contributed by atoms with E-state index in [2.05, 4.69) is 6.92 Å². The molecule has 0 aliphatic rings. The Labute approximate surface area is 84.9 Å². The summed E-state index contributed by atoms with van der Waals surface area (Å²) >= 11 is 0. The number of aldehydes is 1. The summed E-state index contributed by atoms with van der Waals surface area (Å²) in [6.07, 6.45) is 1.54. The van der Waals surface area contributed by atoms with Gasteiger partial charge in [0.2, 0.25) is 0 Å².